The molecule has 0 unspecified atom stereocenters. The Balaban J connectivity index is 2.34. The number of H-pyrrole nitrogens is 1. The lowest BCUT2D eigenvalue weighted by molar-refractivity contribution is 0.414. The lowest BCUT2D eigenvalue weighted by Gasteiger charge is -2.09. The maximum Gasteiger partial charge on any atom is 0.328 e. The Bertz CT molecular complexity index is 653. The van der Waals surface area contributed by atoms with Crippen LogP contribution in [0.4, 0.5) is 0 Å². The first-order valence-corrected chi connectivity index (χ1v) is 5.54. The van der Waals surface area contributed by atoms with Gasteiger partial charge < -0.3 is 4.74 Å². The molecule has 0 atom stereocenters. The topological polar surface area (TPSA) is 64.1 Å². The molecular weight excluding hydrogens is 232 g/mol. The molecule has 1 aromatic carbocycles. The molecule has 1 N–H and O–H groups in total. The second kappa shape index (κ2) is 4.91. The SMILES string of the molecule is COc1ccc(Cn2c(C)cc(=O)[nH]c2=O)cc1. The molecule has 18 heavy (non-hydrogen) atoms. The molecule has 0 bridgehead atoms. The minimum atomic E-state index is -0.393. The molecule has 5 nitrogen and oxygen atoms in total. The Hall–Kier alpha value is -2.30. The number of methoxy groups -OCH3 is 1. The van der Waals surface area contributed by atoms with Gasteiger partial charge in [0.2, 0.25) is 0 Å². The van der Waals surface area contributed by atoms with Gasteiger partial charge in [-0.05, 0) is 24.6 Å². The third kappa shape index (κ3) is 2.51. The van der Waals surface area contributed by atoms with Gasteiger partial charge in [0, 0.05) is 11.8 Å². The van der Waals surface area contributed by atoms with Crippen molar-refractivity contribution in [2.75, 3.05) is 7.11 Å². The molecule has 1 heterocycles. The van der Waals surface area contributed by atoms with Crippen LogP contribution in [0.5, 0.6) is 5.75 Å². The highest BCUT2D eigenvalue weighted by atomic mass is 16.5. The third-order valence-electron chi connectivity index (χ3n) is 2.74. The lowest BCUT2D eigenvalue weighted by Crippen LogP contribution is -2.31. The smallest absolute Gasteiger partial charge is 0.328 e. The predicted octanol–water partition coefficient (Wildman–Crippen LogP) is 0.902. The van der Waals surface area contributed by atoms with Crippen LogP contribution in [0.15, 0.2) is 39.9 Å². The first-order chi connectivity index (χ1) is 8.60. The number of aryl methyl sites for hydroxylation is 1. The van der Waals surface area contributed by atoms with Crippen molar-refractivity contribution in [2.45, 2.75) is 13.5 Å². The molecule has 0 spiro atoms. The van der Waals surface area contributed by atoms with Gasteiger partial charge in [0.1, 0.15) is 5.75 Å². The van der Waals surface area contributed by atoms with E-state index in [0.717, 1.165) is 11.3 Å². The van der Waals surface area contributed by atoms with E-state index in [2.05, 4.69) is 4.98 Å². The highest BCUT2D eigenvalue weighted by molar-refractivity contribution is 5.27. The summed E-state index contributed by atoms with van der Waals surface area (Å²) in [5.41, 5.74) is 0.840. The van der Waals surface area contributed by atoms with Crippen LogP contribution in [0, 0.1) is 6.92 Å². The van der Waals surface area contributed by atoms with Gasteiger partial charge in [-0.1, -0.05) is 12.1 Å². The van der Waals surface area contributed by atoms with E-state index in [1.54, 1.807) is 14.0 Å². The Morgan fingerprint density at radius 2 is 1.89 bits per heavy atom. The fourth-order valence-corrected chi connectivity index (χ4v) is 1.75. The van der Waals surface area contributed by atoms with Gasteiger partial charge in [-0.3, -0.25) is 14.3 Å². The van der Waals surface area contributed by atoms with Crippen LogP contribution in [-0.4, -0.2) is 16.7 Å². The summed E-state index contributed by atoms with van der Waals surface area (Å²) in [6.45, 7) is 2.16. The van der Waals surface area contributed by atoms with Crippen molar-refractivity contribution in [1.82, 2.24) is 9.55 Å². The number of hydrogen-bond acceptors (Lipinski definition) is 3. The zero-order valence-electron chi connectivity index (χ0n) is 10.3. The highest BCUT2D eigenvalue weighted by Crippen LogP contribution is 2.12. The summed E-state index contributed by atoms with van der Waals surface area (Å²) in [7, 11) is 1.60. The second-order valence-electron chi connectivity index (χ2n) is 4.01. The van der Waals surface area contributed by atoms with Gasteiger partial charge in [0.15, 0.2) is 0 Å². The molecule has 2 rings (SSSR count). The number of nitrogens with zero attached hydrogens (tertiary/aromatic N) is 1. The average Bonchev–Trinajstić information content (AvgIpc) is 2.34. The number of hydrogen-bond donors (Lipinski definition) is 1. The van der Waals surface area contributed by atoms with E-state index in [1.807, 2.05) is 24.3 Å². The first kappa shape index (κ1) is 12.2. The normalized spacial score (nSPS) is 10.3. The minimum absolute atomic E-state index is 0.372. The van der Waals surface area contributed by atoms with Crippen molar-refractivity contribution in [3.05, 3.63) is 62.4 Å². The molecular formula is C13H14N2O3. The number of aromatic amines is 1. The maximum absolute atomic E-state index is 11.7. The van der Waals surface area contributed by atoms with Crippen molar-refractivity contribution >= 4 is 0 Å². The zero-order chi connectivity index (χ0) is 13.1. The molecule has 94 valence electrons. The summed E-state index contributed by atoms with van der Waals surface area (Å²) in [5, 5.41) is 0. The van der Waals surface area contributed by atoms with E-state index >= 15 is 0 Å². The molecule has 0 saturated carbocycles. The highest BCUT2D eigenvalue weighted by Gasteiger charge is 2.03. The van der Waals surface area contributed by atoms with Crippen molar-refractivity contribution in [1.29, 1.82) is 0 Å². The summed E-state index contributed by atoms with van der Waals surface area (Å²) in [5.74, 6) is 0.768. The number of ether oxygens (including phenoxy) is 1. The fraction of sp³-hybridized carbons (Fsp3) is 0.231. The standard InChI is InChI=1S/C13H14N2O3/c1-9-7-12(16)14-13(17)15(9)8-10-3-5-11(18-2)6-4-10/h3-7H,8H2,1-2H3,(H,14,16,17). The van der Waals surface area contributed by atoms with E-state index in [1.165, 1.54) is 10.6 Å². The van der Waals surface area contributed by atoms with E-state index in [0.29, 0.717) is 12.2 Å². The largest absolute Gasteiger partial charge is 0.497 e. The van der Waals surface area contributed by atoms with Crippen LogP contribution in [0.1, 0.15) is 11.3 Å². The molecule has 2 aromatic rings. The van der Waals surface area contributed by atoms with Gasteiger partial charge in [0.05, 0.1) is 13.7 Å². The van der Waals surface area contributed by atoms with Crippen molar-refractivity contribution in [3.63, 3.8) is 0 Å². The van der Waals surface area contributed by atoms with Crippen molar-refractivity contribution in [2.24, 2.45) is 0 Å². The summed E-state index contributed by atoms with van der Waals surface area (Å²) in [4.78, 5) is 25.0. The second-order valence-corrected chi connectivity index (χ2v) is 4.01. The van der Waals surface area contributed by atoms with E-state index in [4.69, 9.17) is 4.74 Å². The van der Waals surface area contributed by atoms with E-state index in [9.17, 15) is 9.59 Å². The molecule has 0 aliphatic rings. The van der Waals surface area contributed by atoms with Gasteiger partial charge in [-0.2, -0.15) is 0 Å². The molecule has 0 radical (unpaired) electrons. The van der Waals surface area contributed by atoms with E-state index in [-0.39, 0.29) is 5.56 Å². The predicted molar refractivity (Wildman–Crippen MR) is 68.2 cm³/mol. The van der Waals surface area contributed by atoms with Gasteiger partial charge >= 0.3 is 5.69 Å². The van der Waals surface area contributed by atoms with Crippen molar-refractivity contribution in [3.8, 4) is 5.75 Å². The summed E-state index contributed by atoms with van der Waals surface area (Å²) < 4.78 is 6.58. The Labute approximate surface area is 104 Å². The fourth-order valence-electron chi connectivity index (χ4n) is 1.75. The summed E-state index contributed by atoms with van der Waals surface area (Å²) in [6, 6.07) is 8.85. The zero-order valence-corrected chi connectivity index (χ0v) is 10.3. The van der Waals surface area contributed by atoms with Gasteiger partial charge in [-0.15, -0.1) is 0 Å². The number of nitrogens with one attached hydrogen (secondary N) is 1. The van der Waals surface area contributed by atoms with Gasteiger partial charge in [0.25, 0.3) is 5.56 Å². The van der Waals surface area contributed by atoms with E-state index < -0.39 is 5.69 Å². The number of aromatic nitrogens is 2. The van der Waals surface area contributed by atoms with Crippen molar-refractivity contribution < 1.29 is 4.74 Å². The molecule has 0 fully saturated rings. The van der Waals surface area contributed by atoms with Crippen LogP contribution in [0.25, 0.3) is 0 Å². The van der Waals surface area contributed by atoms with Gasteiger partial charge in [-0.25, -0.2) is 4.79 Å². The molecule has 0 aliphatic carbocycles. The molecule has 0 amide bonds. The van der Waals surface area contributed by atoms with Crippen LogP contribution >= 0.6 is 0 Å². The third-order valence-corrected chi connectivity index (χ3v) is 2.74. The minimum Gasteiger partial charge on any atom is -0.497 e. The Kier molecular flexibility index (Phi) is 3.32. The van der Waals surface area contributed by atoms with Crippen LogP contribution in [0.3, 0.4) is 0 Å². The summed E-state index contributed by atoms with van der Waals surface area (Å²) >= 11 is 0. The molecule has 0 saturated heterocycles. The first-order valence-electron chi connectivity index (χ1n) is 5.54. The number of rotatable bonds is 3. The monoisotopic (exact) mass is 246 g/mol. The molecule has 5 heteroatoms. The number of benzene rings is 1. The van der Waals surface area contributed by atoms with Crippen LogP contribution in [-0.2, 0) is 6.54 Å². The Morgan fingerprint density at radius 3 is 2.44 bits per heavy atom. The molecule has 1 aromatic heterocycles. The molecule has 0 aliphatic heterocycles. The van der Waals surface area contributed by atoms with Crippen LogP contribution < -0.4 is 16.0 Å². The maximum atomic E-state index is 11.7. The lowest BCUT2D eigenvalue weighted by atomic mass is 10.2. The quantitative estimate of drug-likeness (QED) is 0.875. The van der Waals surface area contributed by atoms with Crippen LogP contribution in [0.2, 0.25) is 0 Å². The average molecular weight is 246 g/mol. The Morgan fingerprint density at radius 1 is 1.22 bits per heavy atom. The summed E-state index contributed by atoms with van der Waals surface area (Å²) in [6.07, 6.45) is 0.